The molecule has 1 aromatic rings. The van der Waals surface area contributed by atoms with Crippen molar-refractivity contribution in [2.24, 2.45) is 11.0 Å². The van der Waals surface area contributed by atoms with Crippen LogP contribution in [0.15, 0.2) is 29.4 Å². The molecule has 2 aliphatic rings. The molecule has 0 saturated carbocycles. The minimum absolute atomic E-state index is 0.158. The molecule has 0 amide bonds. The van der Waals surface area contributed by atoms with Crippen LogP contribution in [0.1, 0.15) is 49.8 Å². The van der Waals surface area contributed by atoms with Crippen LogP contribution < -0.4 is 10.9 Å². The first-order chi connectivity index (χ1) is 13.1. The Morgan fingerprint density at radius 2 is 2.11 bits per heavy atom. The van der Waals surface area contributed by atoms with E-state index in [4.69, 9.17) is 9.94 Å². The summed E-state index contributed by atoms with van der Waals surface area (Å²) >= 11 is 0. The fraction of sp³-hybridized carbons (Fsp3) is 0.600. The zero-order valence-corrected chi connectivity index (χ0v) is 15.9. The van der Waals surface area contributed by atoms with Gasteiger partial charge in [-0.05, 0) is 62.7 Å². The van der Waals surface area contributed by atoms with Crippen LogP contribution in [0.25, 0.3) is 0 Å². The van der Waals surface area contributed by atoms with Gasteiger partial charge in [0.15, 0.2) is 0 Å². The average Bonchev–Trinajstić information content (AvgIpc) is 3.12. The number of aliphatic carboxylic acids is 1. The Balaban J connectivity index is 1.43. The number of carboxylic acids is 1. The lowest BCUT2D eigenvalue weighted by Gasteiger charge is -2.31. The molecule has 0 spiro atoms. The molecule has 2 saturated heterocycles. The highest BCUT2D eigenvalue weighted by Gasteiger charge is 2.30. The number of carbonyl (C=O) groups is 1. The largest absolute Gasteiger partial charge is 0.480 e. The monoisotopic (exact) mass is 374 g/mol. The molecule has 2 heterocycles. The van der Waals surface area contributed by atoms with Gasteiger partial charge in [-0.15, -0.1) is 0 Å². The topological polar surface area (TPSA) is 86.2 Å². The van der Waals surface area contributed by atoms with Gasteiger partial charge in [0.2, 0.25) is 0 Å². The molecule has 3 N–H and O–H groups in total. The Labute approximate surface area is 160 Å². The van der Waals surface area contributed by atoms with Crippen molar-refractivity contribution in [2.75, 3.05) is 26.2 Å². The highest BCUT2D eigenvalue weighted by atomic mass is 16.7. The molecular weight excluding hydrogens is 344 g/mol. The van der Waals surface area contributed by atoms with Crippen molar-refractivity contribution in [1.29, 1.82) is 0 Å². The zero-order valence-electron chi connectivity index (χ0n) is 15.9. The molecule has 7 heteroatoms. The van der Waals surface area contributed by atoms with Crippen molar-refractivity contribution in [3.8, 4) is 0 Å². The second kappa shape index (κ2) is 9.82. The van der Waals surface area contributed by atoms with Gasteiger partial charge < -0.3 is 10.5 Å². The third kappa shape index (κ3) is 6.02. The third-order valence-electron chi connectivity index (χ3n) is 5.34. The van der Waals surface area contributed by atoms with E-state index in [1.54, 1.807) is 0 Å². The molecule has 2 aliphatic heterocycles. The molecule has 1 aromatic carbocycles. The van der Waals surface area contributed by atoms with Crippen LogP contribution in [0, 0.1) is 5.92 Å². The molecule has 0 bridgehead atoms. The van der Waals surface area contributed by atoms with Crippen LogP contribution in [-0.2, 0) is 9.63 Å². The maximum Gasteiger partial charge on any atom is 0.317 e. The Bertz CT molecular complexity index is 627. The first kappa shape index (κ1) is 19.8. The molecular formula is C20H30N4O3. The van der Waals surface area contributed by atoms with Crippen LogP contribution in [0.5, 0.6) is 0 Å². The molecule has 2 unspecified atom stereocenters. The van der Waals surface area contributed by atoms with Crippen molar-refractivity contribution >= 4 is 12.2 Å². The number of nitrogens with one attached hydrogen (secondary N) is 2. The number of carboxylic acid groups (broad SMARTS) is 1. The van der Waals surface area contributed by atoms with Crippen molar-refractivity contribution < 1.29 is 14.7 Å². The molecule has 27 heavy (non-hydrogen) atoms. The Morgan fingerprint density at radius 3 is 2.78 bits per heavy atom. The molecule has 0 aromatic heterocycles. The summed E-state index contributed by atoms with van der Waals surface area (Å²) in [6.45, 7) is 4.73. The Kier molecular flexibility index (Phi) is 7.20. The van der Waals surface area contributed by atoms with Gasteiger partial charge in [-0.25, -0.2) is 0 Å². The van der Waals surface area contributed by atoms with E-state index >= 15 is 0 Å². The molecule has 2 atom stereocenters. The van der Waals surface area contributed by atoms with Gasteiger partial charge in [0, 0.05) is 6.54 Å². The van der Waals surface area contributed by atoms with Crippen molar-refractivity contribution in [1.82, 2.24) is 15.8 Å². The van der Waals surface area contributed by atoms with Gasteiger partial charge in [0.1, 0.15) is 0 Å². The normalized spacial score (nSPS) is 24.5. The lowest BCUT2D eigenvalue weighted by molar-refractivity contribution is -0.138. The summed E-state index contributed by atoms with van der Waals surface area (Å²) in [7, 11) is 0. The predicted molar refractivity (Wildman–Crippen MR) is 104 cm³/mol. The van der Waals surface area contributed by atoms with Gasteiger partial charge in [0.25, 0.3) is 0 Å². The second-order valence-electron chi connectivity index (χ2n) is 7.43. The first-order valence-electron chi connectivity index (χ1n) is 9.85. The Morgan fingerprint density at radius 1 is 1.37 bits per heavy atom. The minimum Gasteiger partial charge on any atom is -0.480 e. The number of benzene rings is 1. The summed E-state index contributed by atoms with van der Waals surface area (Å²) in [6.07, 6.45) is 6.17. The van der Waals surface area contributed by atoms with Crippen molar-refractivity contribution in [3.63, 3.8) is 0 Å². The van der Waals surface area contributed by atoms with E-state index in [-0.39, 0.29) is 18.7 Å². The lowest BCUT2D eigenvalue weighted by atomic mass is 9.89. The second-order valence-corrected chi connectivity index (χ2v) is 7.43. The molecule has 7 nitrogen and oxygen atoms in total. The SMILES string of the molecule is CCNN=Cc1ccc(C2CC(CC3CCN(CC(=O)O)CC3)ON2)cc1. The molecule has 2 fully saturated rings. The molecule has 148 valence electrons. The fourth-order valence-corrected chi connectivity index (χ4v) is 3.86. The summed E-state index contributed by atoms with van der Waals surface area (Å²) in [6, 6.07) is 8.62. The summed E-state index contributed by atoms with van der Waals surface area (Å²) in [5.74, 6) is -0.121. The minimum atomic E-state index is -0.737. The predicted octanol–water partition coefficient (Wildman–Crippen LogP) is 2.15. The van der Waals surface area contributed by atoms with E-state index in [2.05, 4.69) is 40.3 Å². The first-order valence-corrected chi connectivity index (χ1v) is 9.85. The highest BCUT2D eigenvalue weighted by Crippen LogP contribution is 2.31. The van der Waals surface area contributed by atoms with E-state index in [9.17, 15) is 4.79 Å². The summed E-state index contributed by atoms with van der Waals surface area (Å²) < 4.78 is 0. The molecule has 3 rings (SSSR count). The van der Waals surface area contributed by atoms with Crippen LogP contribution in [0.2, 0.25) is 0 Å². The van der Waals surface area contributed by atoms with Crippen LogP contribution in [-0.4, -0.2) is 54.5 Å². The quantitative estimate of drug-likeness (QED) is 0.477. The smallest absolute Gasteiger partial charge is 0.317 e. The lowest BCUT2D eigenvalue weighted by Crippen LogP contribution is -2.38. The van der Waals surface area contributed by atoms with Crippen molar-refractivity contribution in [3.05, 3.63) is 35.4 Å². The van der Waals surface area contributed by atoms with Crippen LogP contribution in [0.4, 0.5) is 0 Å². The Hall–Kier alpha value is -1.96. The van der Waals surface area contributed by atoms with Gasteiger partial charge in [-0.3, -0.25) is 14.5 Å². The summed E-state index contributed by atoms with van der Waals surface area (Å²) in [5.41, 5.74) is 8.42. The number of rotatable bonds is 8. The van der Waals surface area contributed by atoms with Crippen LogP contribution >= 0.6 is 0 Å². The van der Waals surface area contributed by atoms with Gasteiger partial charge in [0.05, 0.1) is 24.9 Å². The standard InChI is InChI=1S/C20H30N4O3/c1-2-21-22-13-16-3-5-17(6-4-16)19-12-18(27-23-19)11-15-7-9-24(10-8-15)14-20(25)26/h3-6,13,15,18-19,21,23H,2,7-12,14H2,1H3,(H,25,26). The number of hydrogen-bond acceptors (Lipinski definition) is 6. The number of piperidine rings is 1. The summed E-state index contributed by atoms with van der Waals surface area (Å²) in [5, 5.41) is 13.0. The highest BCUT2D eigenvalue weighted by molar-refractivity contribution is 5.79. The number of nitrogens with zero attached hydrogens (tertiary/aromatic N) is 2. The van der Waals surface area contributed by atoms with Gasteiger partial charge in [-0.2, -0.15) is 10.6 Å². The number of hydroxylamine groups is 1. The fourth-order valence-electron chi connectivity index (χ4n) is 3.86. The molecule has 0 radical (unpaired) electrons. The molecule has 0 aliphatic carbocycles. The number of hydrogen-bond donors (Lipinski definition) is 3. The maximum atomic E-state index is 10.8. The third-order valence-corrected chi connectivity index (χ3v) is 5.34. The van der Waals surface area contributed by atoms with Crippen LogP contribution in [0.3, 0.4) is 0 Å². The van der Waals surface area contributed by atoms with E-state index in [1.165, 1.54) is 5.56 Å². The zero-order chi connectivity index (χ0) is 19.1. The summed E-state index contributed by atoms with van der Waals surface area (Å²) in [4.78, 5) is 18.7. The van der Waals surface area contributed by atoms with E-state index in [0.29, 0.717) is 5.92 Å². The van der Waals surface area contributed by atoms with E-state index in [0.717, 1.165) is 50.9 Å². The maximum absolute atomic E-state index is 10.8. The van der Waals surface area contributed by atoms with Crippen molar-refractivity contribution in [2.45, 2.75) is 44.8 Å². The number of hydrazone groups is 1. The van der Waals surface area contributed by atoms with Gasteiger partial charge in [-0.1, -0.05) is 24.3 Å². The van der Waals surface area contributed by atoms with Gasteiger partial charge >= 0.3 is 5.97 Å². The number of likely N-dealkylation sites (tertiary alicyclic amines) is 1. The van der Waals surface area contributed by atoms with E-state index in [1.807, 2.05) is 18.0 Å². The van der Waals surface area contributed by atoms with E-state index < -0.39 is 5.97 Å². The average molecular weight is 374 g/mol.